The Morgan fingerprint density at radius 3 is 2.37 bits per heavy atom. The van der Waals surface area contributed by atoms with Crippen LogP contribution in [0, 0.1) is 0 Å². The molecule has 0 saturated carbocycles. The molecule has 9 heteroatoms. The second kappa shape index (κ2) is 11.4. The molecule has 1 fully saturated rings. The Kier molecular flexibility index (Phi) is 8.09. The number of hydrogen-bond acceptors (Lipinski definition) is 6. The van der Waals surface area contributed by atoms with Crippen molar-refractivity contribution in [3.8, 4) is 11.5 Å². The van der Waals surface area contributed by atoms with Crippen LogP contribution in [0.5, 0.6) is 11.5 Å². The third-order valence-corrected chi connectivity index (χ3v) is 6.45. The predicted molar refractivity (Wildman–Crippen MR) is 134 cm³/mol. The second-order valence-corrected chi connectivity index (χ2v) is 8.59. The maximum Gasteiger partial charge on any atom is 0.329 e. The van der Waals surface area contributed by atoms with Crippen LogP contribution >= 0.6 is 0 Å². The molecule has 1 N–H and O–H groups in total. The number of aryl methyl sites for hydroxylation is 1. The third-order valence-electron chi connectivity index (χ3n) is 6.45. The fourth-order valence-corrected chi connectivity index (χ4v) is 4.68. The van der Waals surface area contributed by atoms with E-state index in [9.17, 15) is 9.59 Å². The number of rotatable bonds is 10. The molecule has 1 saturated heterocycles. The van der Waals surface area contributed by atoms with E-state index in [4.69, 9.17) is 14.2 Å². The number of carbonyl (C=O) groups excluding carboxylic acids is 1. The number of aromatic nitrogens is 2. The number of hydrogen-bond donors (Lipinski definition) is 1. The molecule has 1 aliphatic rings. The lowest BCUT2D eigenvalue weighted by Crippen LogP contribution is -2.44. The minimum Gasteiger partial charge on any atom is -0.493 e. The van der Waals surface area contributed by atoms with Gasteiger partial charge < -0.3 is 19.5 Å². The lowest BCUT2D eigenvalue weighted by atomic mass is 10.0. The highest BCUT2D eigenvalue weighted by atomic mass is 16.5. The summed E-state index contributed by atoms with van der Waals surface area (Å²) in [5.41, 5.74) is 2.48. The van der Waals surface area contributed by atoms with E-state index >= 15 is 0 Å². The van der Waals surface area contributed by atoms with Crippen LogP contribution in [0.2, 0.25) is 0 Å². The van der Waals surface area contributed by atoms with Gasteiger partial charge in [-0.1, -0.05) is 25.1 Å². The van der Waals surface area contributed by atoms with Gasteiger partial charge in [0, 0.05) is 26.2 Å². The molecule has 0 bridgehead atoms. The normalized spacial score (nSPS) is 15.2. The molecule has 1 amide bonds. The number of carbonyl (C=O) groups is 1. The fourth-order valence-electron chi connectivity index (χ4n) is 4.68. The Morgan fingerprint density at radius 1 is 1.03 bits per heavy atom. The van der Waals surface area contributed by atoms with Gasteiger partial charge >= 0.3 is 5.69 Å². The van der Waals surface area contributed by atoms with Gasteiger partial charge in [0.25, 0.3) is 0 Å². The van der Waals surface area contributed by atoms with E-state index in [0.29, 0.717) is 37.8 Å². The summed E-state index contributed by atoms with van der Waals surface area (Å²) < 4.78 is 19.7. The van der Waals surface area contributed by atoms with Crippen LogP contribution in [0.4, 0.5) is 0 Å². The number of nitrogens with zero attached hydrogens (tertiary/aromatic N) is 3. The third kappa shape index (κ3) is 5.36. The Morgan fingerprint density at radius 2 is 1.71 bits per heavy atom. The summed E-state index contributed by atoms with van der Waals surface area (Å²) in [6.07, 6.45) is 0.840. The van der Waals surface area contributed by atoms with Crippen molar-refractivity contribution in [3.05, 3.63) is 58.5 Å². The van der Waals surface area contributed by atoms with Gasteiger partial charge in [-0.2, -0.15) is 0 Å². The quantitative estimate of drug-likeness (QED) is 0.478. The van der Waals surface area contributed by atoms with Crippen LogP contribution in [-0.4, -0.2) is 67.0 Å². The topological polar surface area (TPSA) is 87.0 Å². The second-order valence-electron chi connectivity index (χ2n) is 8.59. The molecule has 1 aliphatic heterocycles. The molecule has 0 spiro atoms. The van der Waals surface area contributed by atoms with E-state index in [2.05, 4.69) is 10.2 Å². The standard InChI is InChI=1S/C26H34N4O5/c1-4-11-29-20-7-5-6-8-21(20)30(26(29)32)18-25(31)27-17-22(28-12-14-35-15-13-28)19-9-10-23(33-2)24(16-19)34-3/h5-10,16,22H,4,11-15,17-18H2,1-3H3,(H,27,31). The van der Waals surface area contributed by atoms with Gasteiger partial charge in [-0.3, -0.25) is 18.8 Å². The number of morpholine rings is 1. The number of amides is 1. The lowest BCUT2D eigenvalue weighted by molar-refractivity contribution is -0.122. The summed E-state index contributed by atoms with van der Waals surface area (Å²) >= 11 is 0. The van der Waals surface area contributed by atoms with Crippen LogP contribution in [0.15, 0.2) is 47.3 Å². The Balaban J connectivity index is 1.54. The lowest BCUT2D eigenvalue weighted by Gasteiger charge is -2.35. The summed E-state index contributed by atoms with van der Waals surface area (Å²) in [6, 6.07) is 13.4. The van der Waals surface area contributed by atoms with Gasteiger partial charge in [-0.25, -0.2) is 4.79 Å². The molecule has 3 aromatic rings. The molecule has 2 aromatic carbocycles. The van der Waals surface area contributed by atoms with Gasteiger partial charge in [0.1, 0.15) is 6.54 Å². The van der Waals surface area contributed by atoms with Gasteiger partial charge in [0.2, 0.25) is 5.91 Å². The maximum atomic E-state index is 13.0. The van der Waals surface area contributed by atoms with Gasteiger partial charge in [0.15, 0.2) is 11.5 Å². The molecule has 188 valence electrons. The first-order valence-corrected chi connectivity index (χ1v) is 12.1. The Hall–Kier alpha value is -3.30. The molecule has 9 nitrogen and oxygen atoms in total. The van der Waals surface area contributed by atoms with Crippen LogP contribution < -0.4 is 20.5 Å². The fraction of sp³-hybridized carbons (Fsp3) is 0.462. The van der Waals surface area contributed by atoms with Crippen molar-refractivity contribution in [2.24, 2.45) is 0 Å². The van der Waals surface area contributed by atoms with E-state index in [0.717, 1.165) is 36.1 Å². The van der Waals surface area contributed by atoms with Crippen molar-refractivity contribution >= 4 is 16.9 Å². The number of methoxy groups -OCH3 is 2. The number of fused-ring (bicyclic) bond motifs is 1. The van der Waals surface area contributed by atoms with E-state index in [1.165, 1.54) is 0 Å². The number of benzene rings is 2. The maximum absolute atomic E-state index is 13.0. The van der Waals surface area contributed by atoms with Gasteiger partial charge in [0.05, 0.1) is 44.5 Å². The molecule has 1 atom stereocenters. The number of para-hydroxylation sites is 2. The van der Waals surface area contributed by atoms with Gasteiger partial charge in [-0.05, 0) is 36.2 Å². The molecule has 0 radical (unpaired) electrons. The molecule has 1 unspecified atom stereocenters. The average molecular weight is 483 g/mol. The molecule has 4 rings (SSSR count). The van der Waals surface area contributed by atoms with Crippen molar-refractivity contribution in [3.63, 3.8) is 0 Å². The van der Waals surface area contributed by atoms with Crippen molar-refractivity contribution in [1.29, 1.82) is 0 Å². The van der Waals surface area contributed by atoms with Crippen LogP contribution in [-0.2, 0) is 22.6 Å². The van der Waals surface area contributed by atoms with Crippen molar-refractivity contribution < 1.29 is 19.0 Å². The van der Waals surface area contributed by atoms with E-state index in [1.807, 2.05) is 49.4 Å². The zero-order valence-corrected chi connectivity index (χ0v) is 20.7. The molecular formula is C26H34N4O5. The average Bonchev–Trinajstić information content (AvgIpc) is 3.15. The summed E-state index contributed by atoms with van der Waals surface area (Å²) in [7, 11) is 3.22. The van der Waals surface area contributed by atoms with Crippen LogP contribution in [0.25, 0.3) is 11.0 Å². The SMILES string of the molecule is CCCn1c(=O)n(CC(=O)NCC(c2ccc(OC)c(OC)c2)N2CCOCC2)c2ccccc21. The monoisotopic (exact) mass is 482 g/mol. The zero-order chi connectivity index (χ0) is 24.8. The number of ether oxygens (including phenoxy) is 3. The first-order chi connectivity index (χ1) is 17.1. The highest BCUT2D eigenvalue weighted by molar-refractivity contribution is 5.81. The summed E-state index contributed by atoms with van der Waals surface area (Å²) in [5.74, 6) is 1.10. The number of imidazole rings is 1. The van der Waals surface area contributed by atoms with Crippen molar-refractivity contribution in [1.82, 2.24) is 19.4 Å². The van der Waals surface area contributed by atoms with Crippen molar-refractivity contribution in [2.45, 2.75) is 32.5 Å². The molecule has 2 heterocycles. The molecule has 0 aliphatic carbocycles. The number of nitrogens with one attached hydrogen (secondary N) is 1. The van der Waals surface area contributed by atoms with E-state index < -0.39 is 0 Å². The van der Waals surface area contributed by atoms with Crippen LogP contribution in [0.3, 0.4) is 0 Å². The predicted octanol–water partition coefficient (Wildman–Crippen LogP) is 2.42. The zero-order valence-electron chi connectivity index (χ0n) is 20.7. The van der Waals surface area contributed by atoms with Crippen molar-refractivity contribution in [2.75, 3.05) is 47.1 Å². The minimum atomic E-state index is -0.203. The van der Waals surface area contributed by atoms with E-state index in [1.54, 1.807) is 23.4 Å². The molecule has 35 heavy (non-hydrogen) atoms. The van der Waals surface area contributed by atoms with E-state index in [-0.39, 0.29) is 24.2 Å². The summed E-state index contributed by atoms with van der Waals surface area (Å²) in [4.78, 5) is 28.4. The first kappa shape index (κ1) is 24.8. The van der Waals surface area contributed by atoms with Gasteiger partial charge in [-0.15, -0.1) is 0 Å². The highest BCUT2D eigenvalue weighted by Gasteiger charge is 2.25. The Labute approximate surface area is 205 Å². The minimum absolute atomic E-state index is 0.0299. The largest absolute Gasteiger partial charge is 0.493 e. The summed E-state index contributed by atoms with van der Waals surface area (Å²) in [5, 5.41) is 3.06. The molecular weight excluding hydrogens is 448 g/mol. The highest BCUT2D eigenvalue weighted by Crippen LogP contribution is 2.32. The molecule has 1 aromatic heterocycles. The smallest absolute Gasteiger partial charge is 0.329 e. The first-order valence-electron chi connectivity index (χ1n) is 12.1. The summed E-state index contributed by atoms with van der Waals surface area (Å²) in [6.45, 7) is 5.83. The Bertz CT molecular complexity index is 1210. The van der Waals surface area contributed by atoms with Crippen LogP contribution in [0.1, 0.15) is 24.9 Å².